The molecule has 0 saturated heterocycles. The normalized spacial score (nSPS) is 51.8. The van der Waals surface area contributed by atoms with Crippen LogP contribution in [0.4, 0.5) is 0 Å². The number of hydrogen-bond donors (Lipinski definition) is 0. The lowest BCUT2D eigenvalue weighted by atomic mass is 9.69. The monoisotopic (exact) mass is 166 g/mol. The van der Waals surface area contributed by atoms with Gasteiger partial charge in [-0.25, -0.2) is 0 Å². The van der Waals surface area contributed by atoms with Gasteiger partial charge in [-0.1, -0.05) is 33.6 Å². The van der Waals surface area contributed by atoms with E-state index in [1.807, 2.05) is 0 Å². The van der Waals surface area contributed by atoms with E-state index in [0.29, 0.717) is 0 Å². The van der Waals surface area contributed by atoms with E-state index in [1.54, 1.807) is 12.8 Å². The van der Waals surface area contributed by atoms with Gasteiger partial charge in [0, 0.05) is 0 Å². The van der Waals surface area contributed by atoms with Crippen LogP contribution in [0.15, 0.2) is 0 Å². The standard InChI is InChI=1S/C12H22/c1-4-9-6-11-7-10(9)8-12(11,3)5-2/h9-11H,4-8H2,1-3H3. The third-order valence-electron chi connectivity index (χ3n) is 4.89. The summed E-state index contributed by atoms with van der Waals surface area (Å²) in [7, 11) is 0. The highest BCUT2D eigenvalue weighted by Crippen LogP contribution is 2.60. The largest absolute Gasteiger partial charge is 0.0651 e. The van der Waals surface area contributed by atoms with Crippen LogP contribution in [0.2, 0.25) is 0 Å². The zero-order valence-corrected chi connectivity index (χ0v) is 8.77. The molecule has 12 heavy (non-hydrogen) atoms. The van der Waals surface area contributed by atoms with Crippen molar-refractivity contribution in [2.75, 3.05) is 0 Å². The number of rotatable bonds is 2. The fourth-order valence-corrected chi connectivity index (χ4v) is 3.73. The highest BCUT2D eigenvalue weighted by Gasteiger charge is 2.50. The van der Waals surface area contributed by atoms with Crippen molar-refractivity contribution in [1.29, 1.82) is 0 Å². The van der Waals surface area contributed by atoms with Gasteiger partial charge in [0.25, 0.3) is 0 Å². The van der Waals surface area contributed by atoms with Crippen LogP contribution in [0, 0.1) is 23.2 Å². The molecule has 0 N–H and O–H groups in total. The second-order valence-corrected chi connectivity index (χ2v) is 5.31. The van der Waals surface area contributed by atoms with E-state index in [4.69, 9.17) is 0 Å². The lowest BCUT2D eigenvalue weighted by Gasteiger charge is -2.36. The Labute approximate surface area is 76.7 Å². The van der Waals surface area contributed by atoms with Crippen LogP contribution in [0.1, 0.15) is 52.9 Å². The van der Waals surface area contributed by atoms with Gasteiger partial charge in [0.05, 0.1) is 0 Å². The molecule has 0 heterocycles. The van der Waals surface area contributed by atoms with E-state index in [0.717, 1.165) is 23.2 Å². The van der Waals surface area contributed by atoms with Crippen molar-refractivity contribution in [3.63, 3.8) is 0 Å². The third kappa shape index (κ3) is 1.03. The summed E-state index contributed by atoms with van der Waals surface area (Å²) in [5, 5.41) is 0. The van der Waals surface area contributed by atoms with Crippen LogP contribution >= 0.6 is 0 Å². The van der Waals surface area contributed by atoms with Crippen molar-refractivity contribution in [2.24, 2.45) is 23.2 Å². The molecule has 0 spiro atoms. The second-order valence-electron chi connectivity index (χ2n) is 5.31. The van der Waals surface area contributed by atoms with E-state index in [1.165, 1.54) is 19.3 Å². The molecule has 2 fully saturated rings. The first-order valence-electron chi connectivity index (χ1n) is 5.69. The Morgan fingerprint density at radius 3 is 2.42 bits per heavy atom. The van der Waals surface area contributed by atoms with Crippen molar-refractivity contribution in [3.8, 4) is 0 Å². The molecule has 70 valence electrons. The molecule has 0 radical (unpaired) electrons. The molecular weight excluding hydrogens is 144 g/mol. The minimum absolute atomic E-state index is 0.732. The van der Waals surface area contributed by atoms with Crippen LogP contribution in [0.5, 0.6) is 0 Å². The van der Waals surface area contributed by atoms with Gasteiger partial charge < -0.3 is 0 Å². The fourth-order valence-electron chi connectivity index (χ4n) is 3.73. The fraction of sp³-hybridized carbons (Fsp3) is 1.00. The SMILES string of the molecule is CCC1CC2CC1CC2(C)CC. The molecular formula is C12H22. The lowest BCUT2D eigenvalue weighted by Crippen LogP contribution is -2.26. The summed E-state index contributed by atoms with van der Waals surface area (Å²) in [4.78, 5) is 0. The lowest BCUT2D eigenvalue weighted by molar-refractivity contribution is 0.143. The van der Waals surface area contributed by atoms with Gasteiger partial charge in [-0.3, -0.25) is 0 Å². The quantitative estimate of drug-likeness (QED) is 0.584. The first-order chi connectivity index (χ1) is 5.69. The highest BCUT2D eigenvalue weighted by molar-refractivity contribution is 5.00. The maximum Gasteiger partial charge on any atom is -0.0297 e. The third-order valence-corrected chi connectivity index (χ3v) is 4.89. The number of fused-ring (bicyclic) bond motifs is 2. The molecule has 2 saturated carbocycles. The Bertz CT molecular complexity index is 173. The van der Waals surface area contributed by atoms with Crippen molar-refractivity contribution < 1.29 is 0 Å². The summed E-state index contributed by atoms with van der Waals surface area (Å²) >= 11 is 0. The van der Waals surface area contributed by atoms with Gasteiger partial charge in [0.15, 0.2) is 0 Å². The van der Waals surface area contributed by atoms with E-state index in [9.17, 15) is 0 Å². The minimum atomic E-state index is 0.732. The molecule has 2 aliphatic carbocycles. The van der Waals surface area contributed by atoms with E-state index in [2.05, 4.69) is 20.8 Å². The van der Waals surface area contributed by atoms with Crippen molar-refractivity contribution in [1.82, 2.24) is 0 Å². The molecule has 4 atom stereocenters. The van der Waals surface area contributed by atoms with Gasteiger partial charge in [-0.15, -0.1) is 0 Å². The predicted octanol–water partition coefficient (Wildman–Crippen LogP) is 3.86. The summed E-state index contributed by atoms with van der Waals surface area (Å²) in [6.07, 6.45) is 7.48. The molecule has 2 aliphatic rings. The Morgan fingerprint density at radius 1 is 1.25 bits per heavy atom. The zero-order valence-electron chi connectivity index (χ0n) is 8.77. The van der Waals surface area contributed by atoms with Gasteiger partial charge in [-0.05, 0) is 42.4 Å². The van der Waals surface area contributed by atoms with Crippen LogP contribution in [0.3, 0.4) is 0 Å². The summed E-state index contributed by atoms with van der Waals surface area (Å²) < 4.78 is 0. The van der Waals surface area contributed by atoms with E-state index < -0.39 is 0 Å². The highest BCUT2D eigenvalue weighted by atomic mass is 14.6. The van der Waals surface area contributed by atoms with E-state index in [-0.39, 0.29) is 0 Å². The molecule has 0 aromatic rings. The maximum absolute atomic E-state index is 2.52. The molecule has 0 heteroatoms. The average Bonchev–Trinajstić information content (AvgIpc) is 2.60. The van der Waals surface area contributed by atoms with Crippen molar-refractivity contribution in [2.45, 2.75) is 52.9 Å². The van der Waals surface area contributed by atoms with Gasteiger partial charge in [0.1, 0.15) is 0 Å². The van der Waals surface area contributed by atoms with Gasteiger partial charge >= 0.3 is 0 Å². The Morgan fingerprint density at radius 2 is 2.00 bits per heavy atom. The minimum Gasteiger partial charge on any atom is -0.0651 e. The average molecular weight is 166 g/mol. The molecule has 2 bridgehead atoms. The predicted molar refractivity (Wildman–Crippen MR) is 53.0 cm³/mol. The van der Waals surface area contributed by atoms with Gasteiger partial charge in [-0.2, -0.15) is 0 Å². The molecule has 0 amide bonds. The van der Waals surface area contributed by atoms with Crippen LogP contribution in [-0.2, 0) is 0 Å². The molecule has 0 aromatic heterocycles. The van der Waals surface area contributed by atoms with Crippen LogP contribution < -0.4 is 0 Å². The summed E-state index contributed by atoms with van der Waals surface area (Å²) in [6.45, 7) is 7.26. The zero-order chi connectivity index (χ0) is 8.77. The maximum atomic E-state index is 2.52. The molecule has 0 nitrogen and oxygen atoms in total. The van der Waals surface area contributed by atoms with Gasteiger partial charge in [0.2, 0.25) is 0 Å². The van der Waals surface area contributed by atoms with Crippen LogP contribution in [0.25, 0.3) is 0 Å². The Balaban J connectivity index is 2.07. The number of hydrogen-bond acceptors (Lipinski definition) is 0. The summed E-state index contributed by atoms with van der Waals surface area (Å²) in [5.41, 5.74) is 0.732. The Hall–Kier alpha value is 0. The Kier molecular flexibility index (Phi) is 1.97. The molecule has 0 aromatic carbocycles. The second kappa shape index (κ2) is 2.75. The van der Waals surface area contributed by atoms with E-state index >= 15 is 0 Å². The molecule has 4 unspecified atom stereocenters. The summed E-state index contributed by atoms with van der Waals surface area (Å²) in [5.74, 6) is 3.28. The van der Waals surface area contributed by atoms with Crippen molar-refractivity contribution >= 4 is 0 Å². The molecule has 0 aliphatic heterocycles. The first-order valence-corrected chi connectivity index (χ1v) is 5.69. The van der Waals surface area contributed by atoms with Crippen molar-refractivity contribution in [3.05, 3.63) is 0 Å². The summed E-state index contributed by atoms with van der Waals surface area (Å²) in [6, 6.07) is 0. The van der Waals surface area contributed by atoms with Crippen LogP contribution in [-0.4, -0.2) is 0 Å². The molecule has 2 rings (SSSR count). The smallest absolute Gasteiger partial charge is 0.0297 e. The topological polar surface area (TPSA) is 0 Å². The first kappa shape index (κ1) is 8.59.